The Bertz CT molecular complexity index is 421. The zero-order valence-corrected chi connectivity index (χ0v) is 7.19. The molecule has 0 atom stereocenters. The molecule has 1 rings (SSSR count). The van der Waals surface area contributed by atoms with Gasteiger partial charge in [0.25, 0.3) is 0 Å². The topological polar surface area (TPSA) is 107 Å². The van der Waals surface area contributed by atoms with Crippen LogP contribution in [-0.4, -0.2) is 16.2 Å². The molecule has 1 aromatic carbocycles. The molecule has 0 saturated heterocycles. The summed E-state index contributed by atoms with van der Waals surface area (Å²) in [7, 11) is 0. The first-order chi connectivity index (χ1) is 6.60. The molecule has 72 valence electrons. The Hall–Kier alpha value is -2.06. The molecule has 0 aromatic heterocycles. The van der Waals surface area contributed by atoms with Crippen molar-refractivity contribution in [3.05, 3.63) is 28.8 Å². The van der Waals surface area contributed by atoms with E-state index in [4.69, 9.17) is 16.1 Å². The number of hydrogen-bond donors (Lipinski definition) is 3. The number of hydrogen-bond acceptors (Lipinski definition) is 4. The summed E-state index contributed by atoms with van der Waals surface area (Å²) in [6, 6.07) is 4.29. The number of aromatic carboxylic acids is 1. The lowest BCUT2D eigenvalue weighted by atomic mass is 10.0. The molecule has 1 aromatic rings. The third-order valence-corrected chi connectivity index (χ3v) is 1.75. The molecule has 0 aliphatic carbocycles. The first-order valence-electron chi connectivity index (χ1n) is 3.79. The SMILES string of the molecule is N#Cc1cc(CN)cc(O)c1C(=O)O. The van der Waals surface area contributed by atoms with Gasteiger partial charge >= 0.3 is 5.97 Å². The lowest BCUT2D eigenvalue weighted by molar-refractivity contribution is 0.0693. The Morgan fingerprint density at radius 2 is 2.21 bits per heavy atom. The van der Waals surface area contributed by atoms with E-state index in [1.165, 1.54) is 12.1 Å². The van der Waals surface area contributed by atoms with Crippen LogP contribution in [0.4, 0.5) is 0 Å². The maximum atomic E-state index is 10.7. The lowest BCUT2D eigenvalue weighted by Crippen LogP contribution is -2.04. The summed E-state index contributed by atoms with van der Waals surface area (Å²) < 4.78 is 0. The number of carboxylic acids is 1. The Labute approximate surface area is 80.0 Å². The quantitative estimate of drug-likeness (QED) is 0.629. The van der Waals surface area contributed by atoms with Crippen molar-refractivity contribution >= 4 is 5.97 Å². The highest BCUT2D eigenvalue weighted by Gasteiger charge is 2.16. The first-order valence-corrected chi connectivity index (χ1v) is 3.79. The van der Waals surface area contributed by atoms with Crippen molar-refractivity contribution in [1.29, 1.82) is 5.26 Å². The van der Waals surface area contributed by atoms with E-state index in [0.717, 1.165) is 0 Å². The summed E-state index contributed by atoms with van der Waals surface area (Å²) in [6.07, 6.45) is 0. The Balaban J connectivity index is 3.44. The fourth-order valence-corrected chi connectivity index (χ4v) is 1.12. The molecule has 0 saturated carbocycles. The second-order valence-electron chi connectivity index (χ2n) is 2.66. The van der Waals surface area contributed by atoms with Gasteiger partial charge in [-0.25, -0.2) is 4.79 Å². The predicted molar refractivity (Wildman–Crippen MR) is 47.7 cm³/mol. The van der Waals surface area contributed by atoms with Gasteiger partial charge in [0.05, 0.1) is 5.56 Å². The van der Waals surface area contributed by atoms with E-state index in [-0.39, 0.29) is 17.7 Å². The second kappa shape index (κ2) is 3.77. The zero-order valence-electron chi connectivity index (χ0n) is 7.19. The maximum Gasteiger partial charge on any atom is 0.340 e. The lowest BCUT2D eigenvalue weighted by Gasteiger charge is -2.04. The van der Waals surface area contributed by atoms with Gasteiger partial charge in [0, 0.05) is 6.54 Å². The Morgan fingerprint density at radius 3 is 2.64 bits per heavy atom. The van der Waals surface area contributed by atoms with E-state index < -0.39 is 11.7 Å². The van der Waals surface area contributed by atoms with Crippen LogP contribution in [0, 0.1) is 11.3 Å². The summed E-state index contributed by atoms with van der Waals surface area (Å²) in [5, 5.41) is 26.7. The molecule has 0 amide bonds. The number of phenols is 1. The van der Waals surface area contributed by atoms with Gasteiger partial charge in [-0.2, -0.15) is 5.26 Å². The molecule has 0 aliphatic heterocycles. The van der Waals surface area contributed by atoms with Crippen molar-refractivity contribution in [3.63, 3.8) is 0 Å². The molecule has 0 fully saturated rings. The molecule has 0 heterocycles. The van der Waals surface area contributed by atoms with Crippen molar-refractivity contribution in [2.45, 2.75) is 6.54 Å². The molecule has 5 heteroatoms. The van der Waals surface area contributed by atoms with Crippen LogP contribution in [0.2, 0.25) is 0 Å². The first kappa shape index (κ1) is 10.0. The van der Waals surface area contributed by atoms with E-state index in [1.807, 2.05) is 0 Å². The van der Waals surface area contributed by atoms with Crippen molar-refractivity contribution in [3.8, 4) is 11.8 Å². The second-order valence-corrected chi connectivity index (χ2v) is 2.66. The molecule has 0 bridgehead atoms. The van der Waals surface area contributed by atoms with Crippen LogP contribution in [0.3, 0.4) is 0 Å². The van der Waals surface area contributed by atoms with Crippen molar-refractivity contribution in [1.82, 2.24) is 0 Å². The summed E-state index contributed by atoms with van der Waals surface area (Å²) in [4.78, 5) is 10.7. The molecular weight excluding hydrogens is 184 g/mol. The van der Waals surface area contributed by atoms with Gasteiger partial charge in [-0.15, -0.1) is 0 Å². The molecular formula is C9H8N2O3. The third-order valence-electron chi connectivity index (χ3n) is 1.75. The molecule has 0 spiro atoms. The fourth-order valence-electron chi connectivity index (χ4n) is 1.12. The highest BCUT2D eigenvalue weighted by atomic mass is 16.4. The van der Waals surface area contributed by atoms with Crippen LogP contribution in [0.15, 0.2) is 12.1 Å². The maximum absolute atomic E-state index is 10.7. The van der Waals surface area contributed by atoms with Gasteiger partial charge in [-0.05, 0) is 17.7 Å². The van der Waals surface area contributed by atoms with E-state index in [0.29, 0.717) is 5.56 Å². The highest BCUT2D eigenvalue weighted by Crippen LogP contribution is 2.23. The van der Waals surface area contributed by atoms with Crippen molar-refractivity contribution in [2.24, 2.45) is 5.73 Å². The molecule has 0 aliphatic rings. The van der Waals surface area contributed by atoms with E-state index >= 15 is 0 Å². The van der Waals surface area contributed by atoms with Crippen LogP contribution in [-0.2, 0) is 6.54 Å². The summed E-state index contributed by atoms with van der Waals surface area (Å²) in [5.74, 6) is -1.76. The van der Waals surface area contributed by atoms with Crippen LogP contribution < -0.4 is 5.73 Å². The van der Waals surface area contributed by atoms with Gasteiger partial charge in [0.2, 0.25) is 0 Å². The highest BCUT2D eigenvalue weighted by molar-refractivity contribution is 5.93. The number of nitrogens with zero attached hydrogens (tertiary/aromatic N) is 1. The molecule has 5 nitrogen and oxygen atoms in total. The number of nitrogens with two attached hydrogens (primary N) is 1. The minimum absolute atomic E-state index is 0.0852. The summed E-state index contributed by atoms with van der Waals surface area (Å²) in [5.41, 5.74) is 5.35. The average Bonchev–Trinajstić information content (AvgIpc) is 2.15. The minimum Gasteiger partial charge on any atom is -0.507 e. The number of carbonyl (C=O) groups is 1. The Kier molecular flexibility index (Phi) is 2.70. The van der Waals surface area contributed by atoms with E-state index in [2.05, 4.69) is 0 Å². The van der Waals surface area contributed by atoms with Crippen LogP contribution in [0.25, 0.3) is 0 Å². The largest absolute Gasteiger partial charge is 0.507 e. The average molecular weight is 192 g/mol. The predicted octanol–water partition coefficient (Wildman–Crippen LogP) is 0.421. The normalized spacial score (nSPS) is 9.43. The third kappa shape index (κ3) is 1.65. The van der Waals surface area contributed by atoms with Gasteiger partial charge in [-0.3, -0.25) is 0 Å². The number of carboxylic acid groups (broad SMARTS) is 1. The summed E-state index contributed by atoms with van der Waals surface area (Å²) in [6.45, 7) is 0.141. The fraction of sp³-hybridized carbons (Fsp3) is 0.111. The van der Waals surface area contributed by atoms with Crippen LogP contribution >= 0.6 is 0 Å². The van der Waals surface area contributed by atoms with Crippen molar-refractivity contribution < 1.29 is 15.0 Å². The molecule has 4 N–H and O–H groups in total. The van der Waals surface area contributed by atoms with E-state index in [1.54, 1.807) is 6.07 Å². The smallest absolute Gasteiger partial charge is 0.340 e. The summed E-state index contributed by atoms with van der Waals surface area (Å²) >= 11 is 0. The number of rotatable bonds is 2. The molecule has 0 radical (unpaired) electrons. The number of nitriles is 1. The number of benzene rings is 1. The standard InChI is InChI=1S/C9H8N2O3/c10-3-5-1-6(4-11)8(9(13)14)7(12)2-5/h1-2,12H,3,10H2,(H,13,14). The van der Waals surface area contributed by atoms with E-state index in [9.17, 15) is 9.90 Å². The van der Waals surface area contributed by atoms with Gasteiger partial charge in [0.15, 0.2) is 0 Å². The van der Waals surface area contributed by atoms with Crippen LogP contribution in [0.1, 0.15) is 21.5 Å². The van der Waals surface area contributed by atoms with Gasteiger partial charge < -0.3 is 15.9 Å². The number of aromatic hydroxyl groups is 1. The monoisotopic (exact) mass is 192 g/mol. The van der Waals surface area contributed by atoms with Crippen molar-refractivity contribution in [2.75, 3.05) is 0 Å². The minimum atomic E-state index is -1.33. The van der Waals surface area contributed by atoms with Crippen LogP contribution in [0.5, 0.6) is 5.75 Å². The molecule has 0 unspecified atom stereocenters. The molecule has 14 heavy (non-hydrogen) atoms. The van der Waals surface area contributed by atoms with Gasteiger partial charge in [-0.1, -0.05) is 0 Å². The zero-order chi connectivity index (χ0) is 10.7. The Morgan fingerprint density at radius 1 is 1.57 bits per heavy atom. The van der Waals surface area contributed by atoms with Gasteiger partial charge in [0.1, 0.15) is 17.4 Å².